The minimum Gasteiger partial charge on any atom is -0.392 e. The SMILES string of the molecule is O=C([C@@H]1C[C@@H](O)C2(CCC2)CN1)N1CCC(c2nc(C3CCC(F)(F)CC3)no2)(C(F)(F)F)CC1. The number of halogens is 5. The molecule has 0 radical (unpaired) electrons. The van der Waals surface area contributed by atoms with Gasteiger partial charge in [0.25, 0.3) is 0 Å². The lowest BCUT2D eigenvalue weighted by Crippen LogP contribution is -2.62. The molecule has 0 bridgehead atoms. The quantitative estimate of drug-likeness (QED) is 0.608. The molecule has 4 fully saturated rings. The van der Waals surface area contributed by atoms with Gasteiger partial charge in [-0.2, -0.15) is 18.2 Å². The molecule has 12 heteroatoms. The van der Waals surface area contributed by atoms with Crippen molar-refractivity contribution in [3.8, 4) is 0 Å². The zero-order chi connectivity index (χ0) is 25.1. The van der Waals surface area contributed by atoms with Crippen LogP contribution in [0.4, 0.5) is 22.0 Å². The second-order valence-corrected chi connectivity index (χ2v) is 10.9. The number of aromatic nitrogens is 2. The van der Waals surface area contributed by atoms with Gasteiger partial charge in [-0.3, -0.25) is 4.79 Å². The molecule has 1 aromatic rings. The molecule has 2 saturated carbocycles. The number of hydrogen-bond acceptors (Lipinski definition) is 6. The summed E-state index contributed by atoms with van der Waals surface area (Å²) in [5.41, 5.74) is -2.56. The Hall–Kier alpha value is -1.82. The van der Waals surface area contributed by atoms with Gasteiger partial charge in [0, 0.05) is 43.8 Å². The van der Waals surface area contributed by atoms with Gasteiger partial charge in [-0.15, -0.1) is 0 Å². The molecule has 1 amide bonds. The number of carbonyl (C=O) groups is 1. The smallest absolute Gasteiger partial charge is 0.392 e. The second kappa shape index (κ2) is 8.64. The molecule has 1 aromatic heterocycles. The summed E-state index contributed by atoms with van der Waals surface area (Å²) in [6.07, 6.45) is -3.52. The van der Waals surface area contributed by atoms with Crippen LogP contribution in [-0.4, -0.2) is 69.9 Å². The van der Waals surface area contributed by atoms with Crippen LogP contribution < -0.4 is 5.32 Å². The summed E-state index contributed by atoms with van der Waals surface area (Å²) in [6, 6.07) is -0.617. The van der Waals surface area contributed by atoms with Crippen LogP contribution in [0.15, 0.2) is 4.52 Å². The van der Waals surface area contributed by atoms with E-state index in [-0.39, 0.29) is 62.3 Å². The summed E-state index contributed by atoms with van der Waals surface area (Å²) in [6.45, 7) is 0.263. The first kappa shape index (κ1) is 24.9. The van der Waals surface area contributed by atoms with Crippen molar-refractivity contribution in [3.05, 3.63) is 11.7 Å². The van der Waals surface area contributed by atoms with E-state index < -0.39 is 54.3 Å². The summed E-state index contributed by atoms with van der Waals surface area (Å²) in [7, 11) is 0. The molecule has 5 rings (SSSR count). The van der Waals surface area contributed by atoms with Crippen molar-refractivity contribution in [2.24, 2.45) is 5.41 Å². The molecule has 2 atom stereocenters. The first-order valence-corrected chi connectivity index (χ1v) is 12.4. The summed E-state index contributed by atoms with van der Waals surface area (Å²) in [4.78, 5) is 18.5. The standard InChI is InChI=1S/C23H31F5N4O3/c24-22(25)6-2-14(3-7-22)17-30-19(35-31-17)21(23(26,27)28)8-10-32(11-9-21)18(34)15-12-16(33)20(13-29-15)4-1-5-20/h14-16,29,33H,1-13H2/t15-,16+/m0/s1. The third kappa shape index (κ3) is 4.34. The minimum atomic E-state index is -4.68. The van der Waals surface area contributed by atoms with Gasteiger partial charge >= 0.3 is 6.18 Å². The summed E-state index contributed by atoms with van der Waals surface area (Å²) < 4.78 is 75.0. The average Bonchev–Trinajstić information content (AvgIpc) is 3.27. The number of nitrogens with one attached hydrogen (secondary N) is 1. The predicted molar refractivity (Wildman–Crippen MR) is 113 cm³/mol. The van der Waals surface area contributed by atoms with Gasteiger partial charge in [0.2, 0.25) is 17.7 Å². The molecule has 196 valence electrons. The van der Waals surface area contributed by atoms with E-state index in [0.29, 0.717) is 6.54 Å². The van der Waals surface area contributed by atoms with Gasteiger partial charge in [-0.05, 0) is 44.9 Å². The van der Waals surface area contributed by atoms with Crippen LogP contribution in [0.25, 0.3) is 0 Å². The molecule has 7 nitrogen and oxygen atoms in total. The van der Waals surface area contributed by atoms with Gasteiger partial charge in [-0.1, -0.05) is 11.6 Å². The van der Waals surface area contributed by atoms with E-state index in [9.17, 15) is 31.9 Å². The highest BCUT2D eigenvalue weighted by atomic mass is 19.4. The number of aliphatic hydroxyl groups is 1. The molecule has 0 aromatic carbocycles. The Balaban J connectivity index is 1.26. The van der Waals surface area contributed by atoms with Crippen LogP contribution in [-0.2, 0) is 10.2 Å². The fourth-order valence-corrected chi connectivity index (χ4v) is 6.17. The number of carbonyl (C=O) groups excluding carboxylic acids is 1. The molecule has 2 aliphatic heterocycles. The van der Waals surface area contributed by atoms with Crippen LogP contribution in [0.1, 0.15) is 81.8 Å². The van der Waals surface area contributed by atoms with Crippen molar-refractivity contribution in [2.45, 2.75) is 99.8 Å². The van der Waals surface area contributed by atoms with Crippen molar-refractivity contribution in [1.29, 1.82) is 0 Å². The molecule has 3 heterocycles. The summed E-state index contributed by atoms with van der Waals surface area (Å²) in [5, 5.41) is 17.5. The van der Waals surface area contributed by atoms with E-state index in [0.717, 1.165) is 19.3 Å². The fourth-order valence-electron chi connectivity index (χ4n) is 6.17. The minimum absolute atomic E-state index is 0.0444. The lowest BCUT2D eigenvalue weighted by Gasteiger charge is -2.51. The van der Waals surface area contributed by atoms with Crippen molar-refractivity contribution in [2.75, 3.05) is 19.6 Å². The lowest BCUT2D eigenvalue weighted by molar-refractivity contribution is -0.210. The largest absolute Gasteiger partial charge is 0.403 e. The third-order valence-corrected chi connectivity index (χ3v) is 8.92. The van der Waals surface area contributed by atoms with E-state index in [1.807, 2.05) is 0 Å². The Morgan fingerprint density at radius 3 is 2.29 bits per heavy atom. The monoisotopic (exact) mass is 506 g/mol. The number of rotatable bonds is 3. The van der Waals surface area contributed by atoms with Crippen LogP contribution in [0.3, 0.4) is 0 Å². The number of likely N-dealkylation sites (tertiary alicyclic amines) is 1. The first-order valence-electron chi connectivity index (χ1n) is 12.4. The van der Waals surface area contributed by atoms with Gasteiger partial charge in [0.05, 0.1) is 12.1 Å². The zero-order valence-corrected chi connectivity index (χ0v) is 19.4. The first-order chi connectivity index (χ1) is 16.4. The predicted octanol–water partition coefficient (Wildman–Crippen LogP) is 3.68. The Morgan fingerprint density at radius 2 is 1.74 bits per heavy atom. The zero-order valence-electron chi connectivity index (χ0n) is 19.4. The molecular formula is C23H31F5N4O3. The van der Waals surface area contributed by atoms with Gasteiger partial charge in [0.15, 0.2) is 5.82 Å². The number of alkyl halides is 5. The highest BCUT2D eigenvalue weighted by molar-refractivity contribution is 5.82. The Morgan fingerprint density at radius 1 is 1.09 bits per heavy atom. The third-order valence-electron chi connectivity index (χ3n) is 8.92. The van der Waals surface area contributed by atoms with E-state index in [4.69, 9.17) is 4.52 Å². The number of amides is 1. The fraction of sp³-hybridized carbons (Fsp3) is 0.870. The van der Waals surface area contributed by atoms with Crippen molar-refractivity contribution in [1.82, 2.24) is 20.4 Å². The maximum Gasteiger partial charge on any atom is 0.403 e. The van der Waals surface area contributed by atoms with Crippen LogP contribution in [0.5, 0.6) is 0 Å². The van der Waals surface area contributed by atoms with Crippen molar-refractivity contribution in [3.63, 3.8) is 0 Å². The van der Waals surface area contributed by atoms with Crippen LogP contribution in [0, 0.1) is 5.41 Å². The second-order valence-electron chi connectivity index (χ2n) is 10.9. The molecule has 2 N–H and O–H groups in total. The Labute approximate surface area is 199 Å². The molecule has 35 heavy (non-hydrogen) atoms. The van der Waals surface area contributed by atoms with E-state index >= 15 is 0 Å². The number of piperidine rings is 2. The van der Waals surface area contributed by atoms with Crippen molar-refractivity contribution < 1.29 is 36.4 Å². The maximum absolute atomic E-state index is 14.3. The van der Waals surface area contributed by atoms with Crippen molar-refractivity contribution >= 4 is 5.91 Å². The molecule has 2 saturated heterocycles. The highest BCUT2D eigenvalue weighted by Gasteiger charge is 2.61. The van der Waals surface area contributed by atoms with E-state index in [1.165, 1.54) is 4.90 Å². The average molecular weight is 507 g/mol. The lowest BCUT2D eigenvalue weighted by atomic mass is 9.62. The summed E-state index contributed by atoms with van der Waals surface area (Å²) >= 11 is 0. The number of aliphatic hydroxyl groups excluding tert-OH is 1. The number of nitrogens with zero attached hydrogens (tertiary/aromatic N) is 3. The van der Waals surface area contributed by atoms with Gasteiger partial charge in [-0.25, -0.2) is 8.78 Å². The maximum atomic E-state index is 14.3. The number of hydrogen-bond donors (Lipinski definition) is 2. The highest BCUT2D eigenvalue weighted by Crippen LogP contribution is 2.50. The van der Waals surface area contributed by atoms with Gasteiger partial charge in [0.1, 0.15) is 5.41 Å². The van der Waals surface area contributed by atoms with Crippen LogP contribution >= 0.6 is 0 Å². The normalized spacial score (nSPS) is 30.7. The molecule has 2 aliphatic carbocycles. The topological polar surface area (TPSA) is 91.5 Å². The van der Waals surface area contributed by atoms with E-state index in [1.54, 1.807) is 0 Å². The molecule has 0 unspecified atom stereocenters. The van der Waals surface area contributed by atoms with E-state index in [2.05, 4.69) is 15.5 Å². The summed E-state index contributed by atoms with van der Waals surface area (Å²) in [5.74, 6) is -4.03. The molecule has 4 aliphatic rings. The molecule has 1 spiro atoms. The van der Waals surface area contributed by atoms with Crippen LogP contribution in [0.2, 0.25) is 0 Å². The Bertz CT molecular complexity index is 930. The molecular weight excluding hydrogens is 475 g/mol. The Kier molecular flexibility index (Phi) is 6.13. The van der Waals surface area contributed by atoms with Gasteiger partial charge < -0.3 is 19.8 Å².